The van der Waals surface area contributed by atoms with Gasteiger partial charge in [-0.2, -0.15) is 0 Å². The van der Waals surface area contributed by atoms with Gasteiger partial charge in [0.05, 0.1) is 18.8 Å². The molecule has 5 heteroatoms. The SMILES string of the molecule is CCOC(=O)CN(CCCN(C)CC)Cc1ccccn1. The summed E-state index contributed by atoms with van der Waals surface area (Å²) in [5.41, 5.74) is 0.977. The van der Waals surface area contributed by atoms with Crippen LogP contribution in [0.2, 0.25) is 0 Å². The topological polar surface area (TPSA) is 45.7 Å². The summed E-state index contributed by atoms with van der Waals surface area (Å²) < 4.78 is 5.05. The lowest BCUT2D eigenvalue weighted by Gasteiger charge is -2.22. The molecule has 0 fully saturated rings. The third-order valence-electron chi connectivity index (χ3n) is 3.32. The van der Waals surface area contributed by atoms with Crippen LogP contribution in [-0.4, -0.2) is 60.6 Å². The molecule has 1 aromatic rings. The van der Waals surface area contributed by atoms with E-state index in [-0.39, 0.29) is 5.97 Å². The highest BCUT2D eigenvalue weighted by Gasteiger charge is 2.12. The number of carbonyl (C=O) groups excluding carboxylic acids is 1. The first-order valence-corrected chi connectivity index (χ1v) is 7.62. The van der Waals surface area contributed by atoms with Crippen LogP contribution in [0.3, 0.4) is 0 Å². The quantitative estimate of drug-likeness (QED) is 0.615. The maximum Gasteiger partial charge on any atom is 0.320 e. The lowest BCUT2D eigenvalue weighted by Crippen LogP contribution is -2.33. The number of hydrogen-bond acceptors (Lipinski definition) is 5. The summed E-state index contributed by atoms with van der Waals surface area (Å²) >= 11 is 0. The fourth-order valence-electron chi connectivity index (χ4n) is 2.05. The molecule has 1 heterocycles. The molecule has 0 amide bonds. The molecule has 0 N–H and O–H groups in total. The summed E-state index contributed by atoms with van der Waals surface area (Å²) in [6, 6.07) is 5.85. The minimum absolute atomic E-state index is 0.169. The predicted molar refractivity (Wildman–Crippen MR) is 83.9 cm³/mol. The van der Waals surface area contributed by atoms with Gasteiger partial charge in [0.2, 0.25) is 0 Å². The largest absolute Gasteiger partial charge is 0.465 e. The highest BCUT2D eigenvalue weighted by Crippen LogP contribution is 2.03. The van der Waals surface area contributed by atoms with E-state index in [9.17, 15) is 4.79 Å². The molecule has 0 saturated heterocycles. The van der Waals surface area contributed by atoms with Crippen molar-refractivity contribution in [1.29, 1.82) is 0 Å². The van der Waals surface area contributed by atoms with E-state index in [1.165, 1.54) is 0 Å². The normalized spacial score (nSPS) is 11.1. The molecule has 0 saturated carbocycles. The van der Waals surface area contributed by atoms with Crippen LogP contribution < -0.4 is 0 Å². The Morgan fingerprint density at radius 3 is 2.71 bits per heavy atom. The number of ether oxygens (including phenoxy) is 1. The second-order valence-electron chi connectivity index (χ2n) is 5.09. The molecule has 0 atom stereocenters. The molecule has 21 heavy (non-hydrogen) atoms. The van der Waals surface area contributed by atoms with Gasteiger partial charge in [0.25, 0.3) is 0 Å². The summed E-state index contributed by atoms with van der Waals surface area (Å²) in [5, 5.41) is 0. The van der Waals surface area contributed by atoms with Crippen molar-refractivity contribution < 1.29 is 9.53 Å². The van der Waals surface area contributed by atoms with Crippen LogP contribution in [0.25, 0.3) is 0 Å². The van der Waals surface area contributed by atoms with Gasteiger partial charge in [0, 0.05) is 19.3 Å². The second-order valence-corrected chi connectivity index (χ2v) is 5.09. The fourth-order valence-corrected chi connectivity index (χ4v) is 2.05. The molecular formula is C16H27N3O2. The van der Waals surface area contributed by atoms with E-state index in [1.807, 2.05) is 25.1 Å². The van der Waals surface area contributed by atoms with Gasteiger partial charge in [0.15, 0.2) is 0 Å². The third kappa shape index (κ3) is 7.78. The summed E-state index contributed by atoms with van der Waals surface area (Å²) in [6.45, 7) is 8.32. The number of esters is 1. The highest BCUT2D eigenvalue weighted by molar-refractivity contribution is 5.71. The molecule has 0 aromatic carbocycles. The Morgan fingerprint density at radius 2 is 2.10 bits per heavy atom. The molecule has 0 aliphatic carbocycles. The van der Waals surface area contributed by atoms with E-state index >= 15 is 0 Å². The standard InChI is InChI=1S/C16H27N3O2/c1-4-18(3)11-8-12-19(14-16(20)21-5-2)13-15-9-6-7-10-17-15/h6-7,9-10H,4-5,8,11-14H2,1-3H3. The van der Waals surface area contributed by atoms with Crippen molar-refractivity contribution in [2.24, 2.45) is 0 Å². The average Bonchev–Trinajstić information content (AvgIpc) is 2.48. The molecule has 1 aromatic heterocycles. The summed E-state index contributed by atoms with van der Waals surface area (Å²) in [4.78, 5) is 20.4. The maximum atomic E-state index is 11.7. The van der Waals surface area contributed by atoms with Crippen LogP contribution >= 0.6 is 0 Å². The Balaban J connectivity index is 2.50. The van der Waals surface area contributed by atoms with Crippen molar-refractivity contribution >= 4 is 5.97 Å². The second kappa shape index (κ2) is 10.3. The van der Waals surface area contributed by atoms with Crippen molar-refractivity contribution in [2.45, 2.75) is 26.8 Å². The summed E-state index contributed by atoms with van der Waals surface area (Å²) in [5.74, 6) is -0.169. The lowest BCUT2D eigenvalue weighted by atomic mass is 10.3. The van der Waals surface area contributed by atoms with Crippen molar-refractivity contribution in [3.63, 3.8) is 0 Å². The van der Waals surface area contributed by atoms with Crippen molar-refractivity contribution in [2.75, 3.05) is 39.8 Å². The van der Waals surface area contributed by atoms with Crippen LogP contribution in [-0.2, 0) is 16.1 Å². The molecule has 0 radical (unpaired) electrons. The molecule has 0 bridgehead atoms. The number of carbonyl (C=O) groups is 1. The zero-order valence-corrected chi connectivity index (χ0v) is 13.4. The molecule has 5 nitrogen and oxygen atoms in total. The predicted octanol–water partition coefficient (Wildman–Crippen LogP) is 1.79. The van der Waals surface area contributed by atoms with E-state index in [2.05, 4.69) is 28.8 Å². The molecule has 118 valence electrons. The van der Waals surface area contributed by atoms with Gasteiger partial charge >= 0.3 is 5.97 Å². The maximum absolute atomic E-state index is 11.7. The minimum Gasteiger partial charge on any atom is -0.465 e. The smallest absolute Gasteiger partial charge is 0.320 e. The van der Waals surface area contributed by atoms with E-state index in [1.54, 1.807) is 6.20 Å². The number of rotatable bonds is 10. The minimum atomic E-state index is -0.169. The Morgan fingerprint density at radius 1 is 1.29 bits per heavy atom. The van der Waals surface area contributed by atoms with E-state index in [4.69, 9.17) is 4.74 Å². The highest BCUT2D eigenvalue weighted by atomic mass is 16.5. The van der Waals surface area contributed by atoms with E-state index in [0.717, 1.165) is 31.7 Å². The van der Waals surface area contributed by atoms with Gasteiger partial charge in [0.1, 0.15) is 0 Å². The van der Waals surface area contributed by atoms with Gasteiger partial charge < -0.3 is 9.64 Å². The Hall–Kier alpha value is -1.46. The van der Waals surface area contributed by atoms with Gasteiger partial charge in [-0.1, -0.05) is 13.0 Å². The first kappa shape index (κ1) is 17.6. The van der Waals surface area contributed by atoms with Crippen LogP contribution in [0.4, 0.5) is 0 Å². The Bertz CT molecular complexity index is 398. The third-order valence-corrected chi connectivity index (χ3v) is 3.32. The van der Waals surface area contributed by atoms with Crippen LogP contribution in [0, 0.1) is 0 Å². The van der Waals surface area contributed by atoms with Crippen molar-refractivity contribution in [1.82, 2.24) is 14.8 Å². The average molecular weight is 293 g/mol. The van der Waals surface area contributed by atoms with Crippen LogP contribution in [0.15, 0.2) is 24.4 Å². The molecule has 1 rings (SSSR count). The van der Waals surface area contributed by atoms with E-state index < -0.39 is 0 Å². The number of aromatic nitrogens is 1. The Labute approximate surface area is 127 Å². The van der Waals surface area contributed by atoms with Gasteiger partial charge in [-0.25, -0.2) is 0 Å². The summed E-state index contributed by atoms with van der Waals surface area (Å²) in [6.07, 6.45) is 2.80. The molecule has 0 aliphatic rings. The van der Waals surface area contributed by atoms with Crippen molar-refractivity contribution in [3.05, 3.63) is 30.1 Å². The molecular weight excluding hydrogens is 266 g/mol. The summed E-state index contributed by atoms with van der Waals surface area (Å²) in [7, 11) is 2.11. The van der Waals surface area contributed by atoms with Gasteiger partial charge in [-0.3, -0.25) is 14.7 Å². The monoisotopic (exact) mass is 293 g/mol. The number of nitrogens with zero attached hydrogens (tertiary/aromatic N) is 3. The van der Waals surface area contributed by atoms with Crippen LogP contribution in [0.1, 0.15) is 26.0 Å². The van der Waals surface area contributed by atoms with Crippen LogP contribution in [0.5, 0.6) is 0 Å². The van der Waals surface area contributed by atoms with Gasteiger partial charge in [-0.15, -0.1) is 0 Å². The first-order chi connectivity index (χ1) is 10.2. The lowest BCUT2D eigenvalue weighted by molar-refractivity contribution is -0.144. The van der Waals surface area contributed by atoms with E-state index in [0.29, 0.717) is 19.7 Å². The molecule has 0 spiro atoms. The van der Waals surface area contributed by atoms with Crippen molar-refractivity contribution in [3.8, 4) is 0 Å². The Kier molecular flexibility index (Phi) is 8.62. The van der Waals surface area contributed by atoms with Gasteiger partial charge in [-0.05, 0) is 45.6 Å². The first-order valence-electron chi connectivity index (χ1n) is 7.62. The zero-order chi connectivity index (χ0) is 15.5. The fraction of sp³-hybridized carbons (Fsp3) is 0.625. The number of pyridine rings is 1. The molecule has 0 unspecified atom stereocenters. The zero-order valence-electron chi connectivity index (χ0n) is 13.4. The molecule has 0 aliphatic heterocycles. The number of hydrogen-bond donors (Lipinski definition) is 0.